The monoisotopic (exact) mass is 882 g/mol. The summed E-state index contributed by atoms with van der Waals surface area (Å²) >= 11 is 0. The summed E-state index contributed by atoms with van der Waals surface area (Å²) in [6, 6.07) is -1.03. The fraction of sp³-hybridized carbons (Fsp3) is 0.978. The highest BCUT2D eigenvalue weighted by atomic mass is 32.3. The van der Waals surface area contributed by atoms with Gasteiger partial charge in [0.1, 0.15) is 30.5 Å². The summed E-state index contributed by atoms with van der Waals surface area (Å²) in [6.45, 7) is 3.30. The van der Waals surface area contributed by atoms with Crippen molar-refractivity contribution in [2.24, 2.45) is 0 Å². The zero-order valence-electron chi connectivity index (χ0n) is 37.9. The summed E-state index contributed by atoms with van der Waals surface area (Å²) in [5, 5.41) is 55.4. The molecule has 0 aliphatic carbocycles. The van der Waals surface area contributed by atoms with E-state index < -0.39 is 78.5 Å². The molecule has 0 aromatic carbocycles. The van der Waals surface area contributed by atoms with Crippen molar-refractivity contribution in [2.75, 3.05) is 13.2 Å². The Kier molecular flexibility index (Phi) is 35.6. The molecule has 1 amide bonds. The lowest BCUT2D eigenvalue weighted by atomic mass is 9.99. The van der Waals surface area contributed by atoms with Crippen molar-refractivity contribution in [3.63, 3.8) is 0 Å². The zero-order chi connectivity index (χ0) is 44.3. The minimum absolute atomic E-state index is 0.266. The Labute approximate surface area is 365 Å². The topological polar surface area (TPSA) is 212 Å². The molecular formula is C46H91NO12S. The molecule has 1 heterocycles. The minimum atomic E-state index is -5.11. The van der Waals surface area contributed by atoms with E-state index in [0.717, 1.165) is 38.5 Å². The largest absolute Gasteiger partial charge is 0.397 e. The summed E-state index contributed by atoms with van der Waals surface area (Å²) in [5.74, 6) is -0.665. The first-order chi connectivity index (χ1) is 28.9. The molecule has 60 heavy (non-hydrogen) atoms. The van der Waals surface area contributed by atoms with Crippen molar-refractivity contribution in [1.29, 1.82) is 0 Å². The van der Waals surface area contributed by atoms with Crippen LogP contribution in [0.15, 0.2) is 0 Å². The summed E-state index contributed by atoms with van der Waals surface area (Å²) in [7, 11) is -5.11. The van der Waals surface area contributed by atoms with Gasteiger partial charge in [-0.3, -0.25) is 9.35 Å². The number of unbranched alkanes of at least 4 members (excludes halogenated alkanes) is 29. The third-order valence-corrected chi connectivity index (χ3v) is 12.5. The number of nitrogens with one attached hydrogen (secondary N) is 1. The maximum atomic E-state index is 13.1. The number of aliphatic hydroxyl groups is 5. The molecule has 0 saturated carbocycles. The van der Waals surface area contributed by atoms with Gasteiger partial charge < -0.3 is 40.3 Å². The third-order valence-electron chi connectivity index (χ3n) is 12.0. The van der Waals surface area contributed by atoms with E-state index in [9.17, 15) is 43.3 Å². The van der Waals surface area contributed by atoms with Crippen LogP contribution in [0, 0.1) is 0 Å². The molecule has 13 nitrogen and oxygen atoms in total. The van der Waals surface area contributed by atoms with Crippen LogP contribution in [0.1, 0.15) is 226 Å². The van der Waals surface area contributed by atoms with Crippen molar-refractivity contribution in [3.05, 3.63) is 0 Å². The number of ether oxygens (including phenoxy) is 2. The van der Waals surface area contributed by atoms with E-state index in [1.165, 1.54) is 148 Å². The molecule has 1 saturated heterocycles. The van der Waals surface area contributed by atoms with Crippen molar-refractivity contribution >= 4 is 16.3 Å². The van der Waals surface area contributed by atoms with E-state index in [4.69, 9.17) is 9.47 Å². The van der Waals surface area contributed by atoms with Gasteiger partial charge in [0, 0.05) is 0 Å². The Balaban J connectivity index is 2.52. The highest BCUT2D eigenvalue weighted by Crippen LogP contribution is 2.26. The van der Waals surface area contributed by atoms with E-state index in [-0.39, 0.29) is 6.42 Å². The first-order valence-electron chi connectivity index (χ1n) is 24.5. The smallest absolute Gasteiger partial charge is 0.394 e. The highest BCUT2D eigenvalue weighted by molar-refractivity contribution is 7.80. The normalized spacial score (nSPS) is 21.2. The van der Waals surface area contributed by atoms with Crippen molar-refractivity contribution in [3.8, 4) is 0 Å². The maximum Gasteiger partial charge on any atom is 0.397 e. The standard InChI is InChI=1S/C46H91NO12S/c1-3-5-7-9-11-13-15-17-19-21-22-24-26-28-30-32-34-39(49)38(37-57-46-43(52)44(59-60(54,55)56)42(51)41(36-48)58-46)47-45(53)40(50)35-33-31-29-27-25-23-20-18-16-14-12-10-8-6-4-2/h38-44,46,48-52H,3-37H2,1-2H3,(H,47,53)(H,54,55,56). The number of carbonyl (C=O) groups is 1. The van der Waals surface area contributed by atoms with Crippen LogP contribution in [-0.4, -0.2) is 107 Å². The molecule has 8 unspecified atom stereocenters. The maximum absolute atomic E-state index is 13.1. The number of hydrogen-bond acceptors (Lipinski definition) is 11. The van der Waals surface area contributed by atoms with E-state index in [1.807, 2.05) is 0 Å². The summed E-state index contributed by atoms with van der Waals surface area (Å²) in [6.07, 6.45) is 27.1. The average Bonchev–Trinajstić information content (AvgIpc) is 3.22. The van der Waals surface area contributed by atoms with Gasteiger partial charge in [-0.25, -0.2) is 4.18 Å². The molecule has 14 heteroatoms. The highest BCUT2D eigenvalue weighted by Gasteiger charge is 2.48. The lowest BCUT2D eigenvalue weighted by Gasteiger charge is -2.41. The van der Waals surface area contributed by atoms with E-state index in [2.05, 4.69) is 23.3 Å². The number of aliphatic hydroxyl groups excluding tert-OH is 5. The Morgan fingerprint density at radius 1 is 0.600 bits per heavy atom. The van der Waals surface area contributed by atoms with Crippen molar-refractivity contribution in [1.82, 2.24) is 5.32 Å². The Hall–Kier alpha value is -0.940. The summed E-state index contributed by atoms with van der Waals surface area (Å²) in [4.78, 5) is 13.1. The SMILES string of the molecule is CCCCCCCCCCCCCCCCCCC(O)C(COC1OC(CO)C(O)C(OS(=O)(=O)O)C1O)NC(=O)C(O)CCCCCCCCCCCCCCCCC. The lowest BCUT2D eigenvalue weighted by Crippen LogP contribution is -2.61. The number of carbonyl (C=O) groups excluding carboxylic acids is 1. The molecule has 0 aromatic rings. The van der Waals surface area contributed by atoms with E-state index in [1.54, 1.807) is 0 Å². The molecule has 7 N–H and O–H groups in total. The van der Waals surface area contributed by atoms with Crippen molar-refractivity contribution < 1.29 is 57.0 Å². The predicted molar refractivity (Wildman–Crippen MR) is 238 cm³/mol. The van der Waals surface area contributed by atoms with Gasteiger partial charge in [0.25, 0.3) is 0 Å². The molecule has 1 fully saturated rings. The van der Waals surface area contributed by atoms with E-state index in [0.29, 0.717) is 19.3 Å². The van der Waals surface area contributed by atoms with Crippen LogP contribution in [0.2, 0.25) is 0 Å². The van der Waals surface area contributed by atoms with Gasteiger partial charge in [-0.05, 0) is 12.8 Å². The first kappa shape index (κ1) is 57.1. The molecule has 1 rings (SSSR count). The Bertz CT molecular complexity index is 1100. The van der Waals surface area contributed by atoms with Gasteiger partial charge in [0.15, 0.2) is 6.29 Å². The van der Waals surface area contributed by atoms with Crippen LogP contribution in [0.4, 0.5) is 0 Å². The number of rotatable bonds is 42. The molecule has 0 radical (unpaired) electrons. The van der Waals surface area contributed by atoms with Gasteiger partial charge in [0.05, 0.1) is 25.4 Å². The fourth-order valence-corrected chi connectivity index (χ4v) is 8.62. The molecule has 358 valence electrons. The molecule has 0 spiro atoms. The Morgan fingerprint density at radius 2 is 0.967 bits per heavy atom. The minimum Gasteiger partial charge on any atom is -0.394 e. The van der Waals surface area contributed by atoms with Crippen LogP contribution in [0.25, 0.3) is 0 Å². The second kappa shape index (κ2) is 37.4. The molecule has 1 aliphatic rings. The molecule has 8 atom stereocenters. The van der Waals surface area contributed by atoms with Gasteiger partial charge in [-0.1, -0.05) is 213 Å². The van der Waals surface area contributed by atoms with Gasteiger partial charge in [0.2, 0.25) is 5.91 Å². The lowest BCUT2D eigenvalue weighted by molar-refractivity contribution is -0.298. The van der Waals surface area contributed by atoms with Crippen LogP contribution >= 0.6 is 0 Å². The number of amides is 1. The Morgan fingerprint density at radius 3 is 1.33 bits per heavy atom. The average molecular weight is 882 g/mol. The summed E-state index contributed by atoms with van der Waals surface area (Å²) in [5.41, 5.74) is 0. The fourth-order valence-electron chi connectivity index (χ4n) is 8.11. The van der Waals surface area contributed by atoms with Crippen LogP contribution in [0.5, 0.6) is 0 Å². The second-order valence-corrected chi connectivity index (χ2v) is 18.6. The van der Waals surface area contributed by atoms with E-state index >= 15 is 0 Å². The van der Waals surface area contributed by atoms with Gasteiger partial charge in [-0.2, -0.15) is 8.42 Å². The zero-order valence-corrected chi connectivity index (χ0v) is 38.7. The van der Waals surface area contributed by atoms with Crippen LogP contribution in [-0.2, 0) is 28.9 Å². The first-order valence-corrected chi connectivity index (χ1v) is 25.9. The van der Waals surface area contributed by atoms with Crippen LogP contribution in [0.3, 0.4) is 0 Å². The number of hydrogen-bond donors (Lipinski definition) is 7. The van der Waals surface area contributed by atoms with Crippen LogP contribution < -0.4 is 5.32 Å². The quantitative estimate of drug-likeness (QED) is 0.0227. The molecule has 0 bridgehead atoms. The third kappa shape index (κ3) is 29.4. The predicted octanol–water partition coefficient (Wildman–Crippen LogP) is 8.75. The molecule has 0 aromatic heterocycles. The van der Waals surface area contributed by atoms with Gasteiger partial charge in [-0.15, -0.1) is 0 Å². The second-order valence-electron chi connectivity index (χ2n) is 17.6. The van der Waals surface area contributed by atoms with Crippen molar-refractivity contribution in [2.45, 2.75) is 275 Å². The summed E-state index contributed by atoms with van der Waals surface area (Å²) < 4.78 is 47.6. The molecule has 1 aliphatic heterocycles. The molecular weight excluding hydrogens is 791 g/mol. The van der Waals surface area contributed by atoms with Gasteiger partial charge >= 0.3 is 10.4 Å².